The number of Topliss-reactive ketones (excluding diaryl/α,β-unsaturated/α-hetero) is 1. The third-order valence-corrected chi connectivity index (χ3v) is 6.08. The molecular formula is C26H23FN4O3. The number of esters is 1. The first-order chi connectivity index (χ1) is 16.4. The molecule has 1 aliphatic heterocycles. The fraction of sp³-hybridized carbons (Fsp3) is 0.231. The molecule has 0 fully saturated rings. The lowest BCUT2D eigenvalue weighted by atomic mass is 9.85. The van der Waals surface area contributed by atoms with E-state index in [1.165, 1.54) is 12.1 Å². The minimum absolute atomic E-state index is 0.0477. The van der Waals surface area contributed by atoms with Gasteiger partial charge in [-0.1, -0.05) is 23.8 Å². The Labute approximate surface area is 195 Å². The Morgan fingerprint density at radius 3 is 2.74 bits per heavy atom. The van der Waals surface area contributed by atoms with Crippen LogP contribution in [0.4, 0.5) is 4.39 Å². The summed E-state index contributed by atoms with van der Waals surface area (Å²) >= 11 is 0. The number of aromatic amines is 1. The summed E-state index contributed by atoms with van der Waals surface area (Å²) in [7, 11) is 0. The van der Waals surface area contributed by atoms with E-state index in [4.69, 9.17) is 4.74 Å². The molecule has 1 aliphatic rings. The Bertz CT molecular complexity index is 1430. The van der Waals surface area contributed by atoms with Crippen molar-refractivity contribution >= 4 is 22.7 Å². The molecule has 0 radical (unpaired) electrons. The van der Waals surface area contributed by atoms with Crippen LogP contribution in [0.3, 0.4) is 0 Å². The molecule has 5 rings (SSSR count). The van der Waals surface area contributed by atoms with Crippen molar-refractivity contribution < 1.29 is 18.7 Å². The molecule has 0 saturated heterocycles. The highest BCUT2D eigenvalue weighted by molar-refractivity contribution is 5.99. The molecule has 1 unspecified atom stereocenters. The second-order valence-electron chi connectivity index (χ2n) is 8.40. The predicted octanol–water partition coefficient (Wildman–Crippen LogP) is 4.35. The zero-order chi connectivity index (χ0) is 23.8. The van der Waals surface area contributed by atoms with E-state index in [1.54, 1.807) is 36.0 Å². The molecule has 34 heavy (non-hydrogen) atoms. The molecule has 2 aromatic heterocycles. The normalized spacial score (nSPS) is 15.4. The van der Waals surface area contributed by atoms with Gasteiger partial charge in [0.25, 0.3) is 0 Å². The van der Waals surface area contributed by atoms with E-state index in [9.17, 15) is 14.0 Å². The van der Waals surface area contributed by atoms with Gasteiger partial charge in [-0.15, -0.1) is 0 Å². The number of carbonyl (C=O) groups is 2. The summed E-state index contributed by atoms with van der Waals surface area (Å²) in [6.07, 6.45) is 2.40. The molecule has 1 atom stereocenters. The minimum Gasteiger partial charge on any atom is -0.461 e. The standard InChI is InChI=1S/C26H23FN4O3/c1-3-34-26(33)22-13-20-10-15(2)24(25(31(20)30-22)17-5-7-19(27)8-6-17)23(32)12-16-4-9-21-18(11-16)14-28-29-21/h4-9,11,13-14,25H,3,10,12H2,1-2H3,(H,28,29). The molecule has 172 valence electrons. The van der Waals surface area contributed by atoms with E-state index >= 15 is 0 Å². The number of ketones is 1. The molecule has 4 aromatic rings. The molecule has 0 bridgehead atoms. The van der Waals surface area contributed by atoms with Gasteiger partial charge in [-0.05, 0) is 55.3 Å². The van der Waals surface area contributed by atoms with Gasteiger partial charge in [0.1, 0.15) is 11.9 Å². The first kappa shape index (κ1) is 21.8. The Hall–Kier alpha value is -4.07. The summed E-state index contributed by atoms with van der Waals surface area (Å²) in [6.45, 7) is 3.90. The number of allylic oxidation sites excluding steroid dienone is 2. The lowest BCUT2D eigenvalue weighted by Gasteiger charge is -2.29. The first-order valence-corrected chi connectivity index (χ1v) is 11.1. The van der Waals surface area contributed by atoms with Crippen molar-refractivity contribution in [1.82, 2.24) is 20.0 Å². The number of halogens is 1. The summed E-state index contributed by atoms with van der Waals surface area (Å²) in [5.41, 5.74) is 4.98. The number of nitrogens with one attached hydrogen (secondary N) is 1. The zero-order valence-electron chi connectivity index (χ0n) is 18.8. The number of nitrogens with zero attached hydrogens (tertiary/aromatic N) is 3. The van der Waals surface area contributed by atoms with Crippen molar-refractivity contribution in [2.45, 2.75) is 32.7 Å². The number of carbonyl (C=O) groups excluding carboxylic acids is 2. The van der Waals surface area contributed by atoms with Crippen LogP contribution in [0.25, 0.3) is 10.9 Å². The lowest BCUT2D eigenvalue weighted by molar-refractivity contribution is -0.115. The molecule has 0 spiro atoms. The van der Waals surface area contributed by atoms with Gasteiger partial charge in [-0.2, -0.15) is 10.2 Å². The van der Waals surface area contributed by atoms with Crippen LogP contribution in [0.2, 0.25) is 0 Å². The van der Waals surface area contributed by atoms with Gasteiger partial charge >= 0.3 is 5.97 Å². The quantitative estimate of drug-likeness (QED) is 0.434. The molecule has 0 amide bonds. The van der Waals surface area contributed by atoms with Gasteiger partial charge in [-0.25, -0.2) is 9.18 Å². The van der Waals surface area contributed by atoms with Crippen LogP contribution in [-0.4, -0.2) is 38.3 Å². The number of aromatic nitrogens is 4. The molecule has 1 N–H and O–H groups in total. The van der Waals surface area contributed by atoms with Gasteiger partial charge < -0.3 is 4.74 Å². The van der Waals surface area contributed by atoms with Crippen LogP contribution in [-0.2, 0) is 22.4 Å². The molecule has 0 saturated carbocycles. The second kappa shape index (κ2) is 8.70. The minimum atomic E-state index is -0.572. The maximum Gasteiger partial charge on any atom is 0.358 e. The molecule has 3 heterocycles. The van der Waals surface area contributed by atoms with Crippen molar-refractivity contribution in [2.75, 3.05) is 6.61 Å². The number of benzene rings is 2. The Kier molecular flexibility index (Phi) is 5.57. The molecule has 8 heteroatoms. The number of ether oxygens (including phenoxy) is 1. The van der Waals surface area contributed by atoms with Crippen molar-refractivity contribution in [1.29, 1.82) is 0 Å². The largest absolute Gasteiger partial charge is 0.461 e. The number of hydrogen-bond acceptors (Lipinski definition) is 5. The summed E-state index contributed by atoms with van der Waals surface area (Å²) in [6, 6.07) is 12.9. The van der Waals surface area contributed by atoms with E-state index in [-0.39, 0.29) is 30.3 Å². The maximum absolute atomic E-state index is 13.7. The van der Waals surface area contributed by atoms with Crippen LogP contribution in [0.5, 0.6) is 0 Å². The van der Waals surface area contributed by atoms with E-state index in [1.807, 2.05) is 25.1 Å². The third kappa shape index (κ3) is 3.91. The summed E-state index contributed by atoms with van der Waals surface area (Å²) in [5.74, 6) is -0.927. The summed E-state index contributed by atoms with van der Waals surface area (Å²) < 4.78 is 20.5. The van der Waals surface area contributed by atoms with Crippen molar-refractivity contribution in [3.8, 4) is 0 Å². The van der Waals surface area contributed by atoms with E-state index in [2.05, 4.69) is 15.3 Å². The highest BCUT2D eigenvalue weighted by Gasteiger charge is 2.34. The third-order valence-electron chi connectivity index (χ3n) is 6.08. The van der Waals surface area contributed by atoms with E-state index < -0.39 is 12.0 Å². The maximum atomic E-state index is 13.7. The van der Waals surface area contributed by atoms with Gasteiger partial charge in [0.2, 0.25) is 0 Å². The average Bonchev–Trinajstić information content (AvgIpc) is 3.45. The Balaban J connectivity index is 1.55. The number of fused-ring (bicyclic) bond motifs is 2. The SMILES string of the molecule is CCOC(=O)c1cc2n(n1)C(c1ccc(F)cc1)C(C(=O)Cc1ccc3[nH]ncc3c1)=C(C)C2. The molecule has 2 aromatic carbocycles. The van der Waals surface area contributed by atoms with Crippen LogP contribution in [0.1, 0.15) is 47.2 Å². The van der Waals surface area contributed by atoms with E-state index in [0.29, 0.717) is 17.6 Å². The Morgan fingerprint density at radius 2 is 1.97 bits per heavy atom. The smallest absolute Gasteiger partial charge is 0.358 e. The second-order valence-corrected chi connectivity index (χ2v) is 8.40. The van der Waals surface area contributed by atoms with Crippen molar-refractivity contribution in [3.05, 3.63) is 94.2 Å². The van der Waals surface area contributed by atoms with Gasteiger partial charge in [0, 0.05) is 29.5 Å². The average molecular weight is 458 g/mol. The van der Waals surface area contributed by atoms with Crippen LogP contribution < -0.4 is 0 Å². The van der Waals surface area contributed by atoms with Crippen LogP contribution >= 0.6 is 0 Å². The number of rotatable bonds is 6. The molecule has 0 aliphatic carbocycles. The monoisotopic (exact) mass is 458 g/mol. The van der Waals surface area contributed by atoms with Gasteiger partial charge in [0.15, 0.2) is 11.5 Å². The molecular weight excluding hydrogens is 435 g/mol. The first-order valence-electron chi connectivity index (χ1n) is 11.1. The fourth-order valence-corrected chi connectivity index (χ4v) is 4.54. The topological polar surface area (TPSA) is 89.9 Å². The van der Waals surface area contributed by atoms with Crippen LogP contribution in [0, 0.1) is 5.82 Å². The number of hydrogen-bond donors (Lipinski definition) is 1. The highest BCUT2D eigenvalue weighted by Crippen LogP contribution is 2.37. The van der Waals surface area contributed by atoms with Crippen LogP contribution in [0.15, 0.2) is 65.9 Å². The highest BCUT2D eigenvalue weighted by atomic mass is 19.1. The lowest BCUT2D eigenvalue weighted by Crippen LogP contribution is -2.28. The van der Waals surface area contributed by atoms with Crippen molar-refractivity contribution in [2.24, 2.45) is 0 Å². The predicted molar refractivity (Wildman–Crippen MR) is 124 cm³/mol. The van der Waals surface area contributed by atoms with Gasteiger partial charge in [-0.3, -0.25) is 14.6 Å². The van der Waals surface area contributed by atoms with Gasteiger partial charge in [0.05, 0.1) is 18.3 Å². The van der Waals surface area contributed by atoms with Crippen molar-refractivity contribution in [3.63, 3.8) is 0 Å². The Morgan fingerprint density at radius 1 is 1.18 bits per heavy atom. The summed E-state index contributed by atoms with van der Waals surface area (Å²) in [4.78, 5) is 26.0. The zero-order valence-corrected chi connectivity index (χ0v) is 18.8. The number of H-pyrrole nitrogens is 1. The molecule has 7 nitrogen and oxygen atoms in total. The fourth-order valence-electron chi connectivity index (χ4n) is 4.54. The summed E-state index contributed by atoms with van der Waals surface area (Å²) in [5, 5.41) is 12.4. The van der Waals surface area contributed by atoms with E-state index in [0.717, 1.165) is 27.7 Å².